The second kappa shape index (κ2) is 7.14. The number of nitriles is 1. The number of ether oxygens (including phenoxy) is 1. The normalized spacial score (nSPS) is 12.1. The van der Waals surface area contributed by atoms with Gasteiger partial charge < -0.3 is 20.4 Å². The van der Waals surface area contributed by atoms with Gasteiger partial charge in [-0.25, -0.2) is 4.79 Å². The van der Waals surface area contributed by atoms with Crippen LogP contribution in [0.25, 0.3) is 0 Å². The molecular formula is C12H19BrN4O2. The van der Waals surface area contributed by atoms with Crippen molar-refractivity contribution in [2.45, 2.75) is 26.4 Å². The van der Waals surface area contributed by atoms with Crippen molar-refractivity contribution in [2.75, 3.05) is 20.6 Å². The van der Waals surface area contributed by atoms with Gasteiger partial charge in [-0.05, 0) is 36.7 Å². The van der Waals surface area contributed by atoms with E-state index in [1.165, 1.54) is 11.9 Å². The maximum atomic E-state index is 11.7. The Hall–Kier alpha value is -1.55. The molecule has 6 nitrogen and oxygen atoms in total. The smallest absolute Gasteiger partial charge is 0.410 e. The highest BCUT2D eigenvalue weighted by molar-refractivity contribution is 9.12. The Kier molecular flexibility index (Phi) is 6.56. The molecule has 0 aliphatic heterocycles. The quantitative estimate of drug-likeness (QED) is 0.611. The van der Waals surface area contributed by atoms with Crippen molar-refractivity contribution < 1.29 is 9.53 Å². The number of hydrogen-bond donors (Lipinski definition) is 2. The largest absolute Gasteiger partial charge is 0.444 e. The lowest BCUT2D eigenvalue weighted by atomic mass is 10.2. The van der Waals surface area contributed by atoms with Crippen molar-refractivity contribution in [3.05, 3.63) is 10.2 Å². The van der Waals surface area contributed by atoms with Crippen LogP contribution in [0.2, 0.25) is 0 Å². The Bertz CT molecular complexity index is 432. The molecule has 0 aliphatic carbocycles. The molecule has 0 bridgehead atoms. The minimum atomic E-state index is -0.580. The number of halogens is 1. The summed E-state index contributed by atoms with van der Waals surface area (Å²) in [7, 11) is 3.12. The SMILES string of the molecule is CN/C(C#N)=C(/Br)C(=N)CN(C)C(=O)OC(C)(C)C. The number of carbonyl (C=O) groups excluding carboxylic acids is 1. The Morgan fingerprint density at radius 2 is 2.05 bits per heavy atom. The number of hydrogen-bond acceptors (Lipinski definition) is 5. The van der Waals surface area contributed by atoms with E-state index in [1.807, 2.05) is 6.07 Å². The summed E-state index contributed by atoms with van der Waals surface area (Å²) in [6, 6.07) is 1.92. The minimum Gasteiger partial charge on any atom is -0.444 e. The molecule has 0 aromatic heterocycles. The number of rotatable bonds is 4. The van der Waals surface area contributed by atoms with Gasteiger partial charge in [-0.2, -0.15) is 5.26 Å². The summed E-state index contributed by atoms with van der Waals surface area (Å²) < 4.78 is 5.50. The minimum absolute atomic E-state index is 0.0440. The second-order valence-corrected chi connectivity index (χ2v) is 5.66. The van der Waals surface area contributed by atoms with E-state index < -0.39 is 11.7 Å². The van der Waals surface area contributed by atoms with Gasteiger partial charge in [-0.3, -0.25) is 0 Å². The highest BCUT2D eigenvalue weighted by Gasteiger charge is 2.21. The van der Waals surface area contributed by atoms with Gasteiger partial charge in [-0.1, -0.05) is 0 Å². The van der Waals surface area contributed by atoms with Crippen LogP contribution in [0.4, 0.5) is 4.79 Å². The molecule has 19 heavy (non-hydrogen) atoms. The van der Waals surface area contributed by atoms with Crippen molar-refractivity contribution in [1.82, 2.24) is 10.2 Å². The van der Waals surface area contributed by atoms with Crippen LogP contribution >= 0.6 is 15.9 Å². The van der Waals surface area contributed by atoms with Crippen molar-refractivity contribution >= 4 is 27.7 Å². The van der Waals surface area contributed by atoms with Gasteiger partial charge in [0.2, 0.25) is 0 Å². The summed E-state index contributed by atoms with van der Waals surface area (Å²) in [4.78, 5) is 13.0. The van der Waals surface area contributed by atoms with Gasteiger partial charge in [0.1, 0.15) is 17.4 Å². The molecule has 0 radical (unpaired) electrons. The third-order valence-electron chi connectivity index (χ3n) is 1.95. The molecule has 106 valence electrons. The van der Waals surface area contributed by atoms with Crippen molar-refractivity contribution in [2.24, 2.45) is 0 Å². The molecule has 0 aliphatic rings. The molecule has 0 heterocycles. The number of allylic oxidation sites excluding steroid dienone is 1. The van der Waals surface area contributed by atoms with Crippen LogP contribution in [0, 0.1) is 16.7 Å². The monoisotopic (exact) mass is 330 g/mol. The van der Waals surface area contributed by atoms with Crippen LogP contribution in [0.5, 0.6) is 0 Å². The Labute approximate surface area is 122 Å². The maximum absolute atomic E-state index is 11.7. The summed E-state index contributed by atoms with van der Waals surface area (Å²) in [5, 5.41) is 19.3. The van der Waals surface area contributed by atoms with E-state index in [0.717, 1.165) is 0 Å². The van der Waals surface area contributed by atoms with E-state index in [1.54, 1.807) is 27.8 Å². The third kappa shape index (κ3) is 6.25. The maximum Gasteiger partial charge on any atom is 0.410 e. The molecule has 1 amide bonds. The van der Waals surface area contributed by atoms with E-state index >= 15 is 0 Å². The lowest BCUT2D eigenvalue weighted by Crippen LogP contribution is -2.37. The topological polar surface area (TPSA) is 89.2 Å². The molecule has 0 saturated carbocycles. The number of carbonyl (C=O) groups is 1. The molecule has 0 spiro atoms. The zero-order valence-electron chi connectivity index (χ0n) is 11.8. The van der Waals surface area contributed by atoms with Crippen LogP contribution in [0.1, 0.15) is 20.8 Å². The lowest BCUT2D eigenvalue weighted by molar-refractivity contribution is 0.0324. The molecule has 0 atom stereocenters. The fraction of sp³-hybridized carbons (Fsp3) is 0.583. The average Bonchev–Trinajstić information content (AvgIpc) is 2.27. The van der Waals surface area contributed by atoms with Crippen LogP contribution in [0.15, 0.2) is 10.2 Å². The van der Waals surface area contributed by atoms with E-state index in [9.17, 15) is 4.79 Å². The molecule has 0 aromatic rings. The molecule has 0 fully saturated rings. The second-order valence-electron chi connectivity index (χ2n) is 4.87. The van der Waals surface area contributed by atoms with E-state index in [4.69, 9.17) is 15.4 Å². The van der Waals surface area contributed by atoms with Gasteiger partial charge in [0.05, 0.1) is 16.7 Å². The average molecular weight is 331 g/mol. The summed E-state index contributed by atoms with van der Waals surface area (Å²) >= 11 is 3.16. The van der Waals surface area contributed by atoms with Gasteiger partial charge >= 0.3 is 6.09 Å². The van der Waals surface area contributed by atoms with Crippen LogP contribution in [-0.4, -0.2) is 42.9 Å². The zero-order valence-corrected chi connectivity index (χ0v) is 13.4. The molecule has 0 aromatic carbocycles. The first-order valence-electron chi connectivity index (χ1n) is 5.62. The number of nitrogens with one attached hydrogen (secondary N) is 2. The third-order valence-corrected chi connectivity index (χ3v) is 2.82. The highest BCUT2D eigenvalue weighted by atomic mass is 79.9. The molecule has 0 saturated heterocycles. The van der Waals surface area contributed by atoms with Crippen LogP contribution < -0.4 is 5.32 Å². The van der Waals surface area contributed by atoms with Crippen molar-refractivity contribution in [1.29, 1.82) is 10.7 Å². The van der Waals surface area contributed by atoms with E-state index in [0.29, 0.717) is 4.48 Å². The first-order valence-corrected chi connectivity index (χ1v) is 6.41. The van der Waals surface area contributed by atoms with E-state index in [-0.39, 0.29) is 18.0 Å². The van der Waals surface area contributed by atoms with Gasteiger partial charge in [0.15, 0.2) is 0 Å². The molecule has 0 unspecified atom stereocenters. The summed E-state index contributed by atoms with van der Waals surface area (Å²) in [5.41, 5.74) is -0.231. The summed E-state index contributed by atoms with van der Waals surface area (Å²) in [5.74, 6) is 0. The predicted octanol–water partition coefficient (Wildman–Crippen LogP) is 2.22. The Morgan fingerprint density at radius 3 is 2.42 bits per heavy atom. The summed E-state index contributed by atoms with van der Waals surface area (Å²) in [6.07, 6.45) is -0.513. The standard InChI is InChI=1S/C12H19BrN4O2/c1-12(2,3)19-11(18)17(5)7-8(15)10(13)9(6-14)16-4/h15-16H,7H2,1-5H3/b10-9+,15-8?. The highest BCUT2D eigenvalue weighted by Crippen LogP contribution is 2.13. The molecule has 0 rings (SSSR count). The Morgan fingerprint density at radius 1 is 1.53 bits per heavy atom. The van der Waals surface area contributed by atoms with Gasteiger partial charge in [0, 0.05) is 14.1 Å². The number of amides is 1. The van der Waals surface area contributed by atoms with Crippen molar-refractivity contribution in [3.8, 4) is 6.07 Å². The van der Waals surface area contributed by atoms with Crippen LogP contribution in [-0.2, 0) is 4.74 Å². The fourth-order valence-corrected chi connectivity index (χ4v) is 1.49. The molecular weight excluding hydrogens is 312 g/mol. The molecule has 7 heteroatoms. The lowest BCUT2D eigenvalue weighted by Gasteiger charge is -2.24. The fourth-order valence-electron chi connectivity index (χ4n) is 1.08. The molecule has 2 N–H and O–H groups in total. The number of nitrogens with zero attached hydrogens (tertiary/aromatic N) is 2. The van der Waals surface area contributed by atoms with Crippen molar-refractivity contribution in [3.63, 3.8) is 0 Å². The summed E-state index contributed by atoms with van der Waals surface area (Å²) in [6.45, 7) is 5.36. The van der Waals surface area contributed by atoms with Gasteiger partial charge in [0.25, 0.3) is 0 Å². The Balaban J connectivity index is 4.72. The van der Waals surface area contributed by atoms with E-state index in [2.05, 4.69) is 21.2 Å². The van der Waals surface area contributed by atoms with Crippen LogP contribution in [0.3, 0.4) is 0 Å². The first-order chi connectivity index (χ1) is 8.62. The zero-order chi connectivity index (χ0) is 15.2. The first kappa shape index (κ1) is 17.4. The predicted molar refractivity (Wildman–Crippen MR) is 77.2 cm³/mol. The van der Waals surface area contributed by atoms with Gasteiger partial charge in [-0.15, -0.1) is 0 Å².